The molecule has 1 fully saturated rings. The smallest absolute Gasteiger partial charge is 0.407 e. The number of ketones is 1. The van der Waals surface area contributed by atoms with Crippen LogP contribution in [0, 0.1) is 0 Å². The molecule has 1 aliphatic heterocycles. The highest BCUT2D eigenvalue weighted by atomic mass is 16.5. The summed E-state index contributed by atoms with van der Waals surface area (Å²) in [6.07, 6.45) is 2.17. The summed E-state index contributed by atoms with van der Waals surface area (Å²) >= 11 is 0. The third kappa shape index (κ3) is 7.27. The highest BCUT2D eigenvalue weighted by Crippen LogP contribution is 2.19. The summed E-state index contributed by atoms with van der Waals surface area (Å²) < 4.78 is 5.12. The molecule has 1 saturated heterocycles. The summed E-state index contributed by atoms with van der Waals surface area (Å²) in [4.78, 5) is 51.6. The zero-order valence-corrected chi connectivity index (χ0v) is 18.1. The van der Waals surface area contributed by atoms with Crippen molar-refractivity contribution in [2.24, 2.45) is 0 Å². The van der Waals surface area contributed by atoms with E-state index >= 15 is 0 Å². The molecule has 0 spiro atoms. The summed E-state index contributed by atoms with van der Waals surface area (Å²) in [7, 11) is 1.45. The number of unbranched alkanes of at least 4 members (excludes halogenated alkanes) is 1. The van der Waals surface area contributed by atoms with E-state index in [1.54, 1.807) is 0 Å². The number of nitrogens with zero attached hydrogens (tertiary/aromatic N) is 2. The molecule has 0 unspecified atom stereocenters. The number of alkyl carbamates (subject to hydrolysis) is 1. The van der Waals surface area contributed by atoms with E-state index in [4.69, 9.17) is 4.74 Å². The largest absolute Gasteiger partial charge is 0.480 e. The Kier molecular flexibility index (Phi) is 9.30. The number of likely N-dealkylation sites (tertiary alicyclic amines) is 1. The van der Waals surface area contributed by atoms with E-state index in [9.17, 15) is 24.3 Å². The van der Waals surface area contributed by atoms with Crippen molar-refractivity contribution in [3.63, 3.8) is 0 Å². The van der Waals surface area contributed by atoms with E-state index < -0.39 is 30.2 Å². The van der Waals surface area contributed by atoms with E-state index in [1.165, 1.54) is 16.8 Å². The number of carbonyl (C=O) groups excluding carboxylic acids is 3. The van der Waals surface area contributed by atoms with Gasteiger partial charge in [-0.3, -0.25) is 4.79 Å². The van der Waals surface area contributed by atoms with Gasteiger partial charge in [0.05, 0.1) is 19.2 Å². The molecule has 1 aliphatic rings. The molecule has 0 saturated carbocycles. The minimum atomic E-state index is -1.05. The van der Waals surface area contributed by atoms with Crippen molar-refractivity contribution in [3.8, 4) is 0 Å². The molecule has 0 bridgehead atoms. The molecule has 0 aromatic heterocycles. The van der Waals surface area contributed by atoms with E-state index in [0.717, 1.165) is 18.4 Å². The monoisotopic (exact) mass is 433 g/mol. The number of carbonyl (C=O) groups is 4. The van der Waals surface area contributed by atoms with Gasteiger partial charge in [0.2, 0.25) is 0 Å². The van der Waals surface area contributed by atoms with E-state index in [2.05, 4.69) is 5.32 Å². The number of ether oxygens (including phenoxy) is 1. The molecular weight excluding hydrogens is 402 g/mol. The highest BCUT2D eigenvalue weighted by molar-refractivity contribution is 5.92. The topological polar surface area (TPSA) is 116 Å². The average Bonchev–Trinajstić information content (AvgIpc) is 3.24. The molecule has 1 heterocycles. The van der Waals surface area contributed by atoms with Crippen LogP contribution in [0.15, 0.2) is 30.3 Å². The normalized spacial score (nSPS) is 16.5. The third-order valence-corrected chi connectivity index (χ3v) is 5.20. The van der Waals surface area contributed by atoms with Crippen molar-refractivity contribution >= 4 is 23.9 Å². The predicted molar refractivity (Wildman–Crippen MR) is 114 cm³/mol. The van der Waals surface area contributed by atoms with Crippen LogP contribution < -0.4 is 5.32 Å². The molecule has 2 rings (SSSR count). The first-order valence-electron chi connectivity index (χ1n) is 10.6. The van der Waals surface area contributed by atoms with Crippen LogP contribution in [0.2, 0.25) is 0 Å². The van der Waals surface area contributed by atoms with Crippen LogP contribution in [0.4, 0.5) is 9.59 Å². The van der Waals surface area contributed by atoms with Gasteiger partial charge in [-0.1, -0.05) is 43.7 Å². The van der Waals surface area contributed by atoms with E-state index in [-0.39, 0.29) is 25.4 Å². The van der Waals surface area contributed by atoms with Gasteiger partial charge >= 0.3 is 18.1 Å². The Labute approximate surface area is 182 Å². The van der Waals surface area contributed by atoms with Gasteiger partial charge in [0.25, 0.3) is 0 Å². The number of amides is 3. The molecule has 1 aromatic rings. The predicted octanol–water partition coefficient (Wildman–Crippen LogP) is 2.29. The fourth-order valence-electron chi connectivity index (χ4n) is 3.47. The van der Waals surface area contributed by atoms with Crippen LogP contribution in [-0.2, 0) is 20.7 Å². The number of urea groups is 1. The lowest BCUT2D eigenvalue weighted by Gasteiger charge is -2.28. The summed E-state index contributed by atoms with van der Waals surface area (Å²) in [5.41, 5.74) is 0.856. The Morgan fingerprint density at radius 1 is 1.26 bits per heavy atom. The summed E-state index contributed by atoms with van der Waals surface area (Å²) in [6.45, 7) is 2.32. The fraction of sp³-hybridized carbons (Fsp3) is 0.545. The number of Topliss-reactive ketones (excluding diaryl/α,β-unsaturated/α-hetero) is 1. The Morgan fingerprint density at radius 3 is 2.61 bits per heavy atom. The lowest BCUT2D eigenvalue weighted by molar-refractivity contribution is -0.141. The van der Waals surface area contributed by atoms with Crippen molar-refractivity contribution in [1.82, 2.24) is 15.1 Å². The first kappa shape index (κ1) is 24.2. The Balaban J connectivity index is 2.03. The lowest BCUT2D eigenvalue weighted by atomic mass is 10.0. The maximum absolute atomic E-state index is 13.0. The second kappa shape index (κ2) is 11.9. The zero-order chi connectivity index (χ0) is 22.8. The van der Waals surface area contributed by atoms with E-state index in [0.29, 0.717) is 19.4 Å². The van der Waals surface area contributed by atoms with Gasteiger partial charge < -0.3 is 25.0 Å². The molecule has 9 heteroatoms. The molecule has 0 aliphatic carbocycles. The Hall–Kier alpha value is -3.10. The minimum Gasteiger partial charge on any atom is -0.480 e. The number of hydrogen-bond acceptors (Lipinski definition) is 5. The number of hydrogen-bond donors (Lipinski definition) is 2. The molecule has 170 valence electrons. The number of likely N-dealkylation sites (N-methyl/N-ethyl adjacent to an activating group) is 1. The first-order valence-corrected chi connectivity index (χ1v) is 10.6. The van der Waals surface area contributed by atoms with Gasteiger partial charge in [-0.25, -0.2) is 14.4 Å². The van der Waals surface area contributed by atoms with Crippen molar-refractivity contribution in [2.45, 2.75) is 51.1 Å². The van der Waals surface area contributed by atoms with Crippen LogP contribution in [0.3, 0.4) is 0 Å². The summed E-state index contributed by atoms with van der Waals surface area (Å²) in [5, 5.41) is 11.9. The second-order valence-corrected chi connectivity index (χ2v) is 7.67. The van der Waals surface area contributed by atoms with Crippen molar-refractivity contribution in [1.29, 1.82) is 0 Å². The first-order chi connectivity index (χ1) is 14.8. The van der Waals surface area contributed by atoms with Gasteiger partial charge in [0, 0.05) is 13.6 Å². The second-order valence-electron chi connectivity index (χ2n) is 7.67. The zero-order valence-electron chi connectivity index (χ0n) is 18.1. The molecule has 31 heavy (non-hydrogen) atoms. The standard InChI is InChI=1S/C22H31N3O6/c1-3-4-13-31-21(29)23-17(14-16-9-6-5-7-10-16)19(26)15-24(2)22(30)25-12-8-11-18(25)20(27)28/h5-7,9-10,17-18H,3-4,8,11-15H2,1-2H3,(H,23,29)(H,27,28)/t17-,18-/m0/s1. The molecule has 9 nitrogen and oxygen atoms in total. The quantitative estimate of drug-likeness (QED) is 0.547. The van der Waals surface area contributed by atoms with Gasteiger partial charge in [-0.15, -0.1) is 0 Å². The maximum atomic E-state index is 13.0. The number of aliphatic carboxylic acids is 1. The third-order valence-electron chi connectivity index (χ3n) is 5.20. The van der Waals surface area contributed by atoms with Crippen LogP contribution in [0.1, 0.15) is 38.2 Å². The maximum Gasteiger partial charge on any atom is 0.407 e. The van der Waals surface area contributed by atoms with E-state index in [1.807, 2.05) is 37.3 Å². The minimum absolute atomic E-state index is 0.256. The van der Waals surface area contributed by atoms with Crippen molar-refractivity contribution in [2.75, 3.05) is 26.7 Å². The van der Waals surface area contributed by atoms with Crippen molar-refractivity contribution in [3.05, 3.63) is 35.9 Å². The van der Waals surface area contributed by atoms with Crippen LogP contribution in [0.25, 0.3) is 0 Å². The van der Waals surface area contributed by atoms with Gasteiger partial charge in [-0.05, 0) is 31.2 Å². The molecule has 2 N–H and O–H groups in total. The number of rotatable bonds is 10. The molecule has 3 amide bonds. The number of carboxylic acid groups (broad SMARTS) is 1. The number of nitrogens with one attached hydrogen (secondary N) is 1. The van der Waals surface area contributed by atoms with Gasteiger partial charge in [-0.2, -0.15) is 0 Å². The van der Waals surface area contributed by atoms with Gasteiger partial charge in [0.1, 0.15) is 6.04 Å². The SMILES string of the molecule is CCCCOC(=O)N[C@@H](Cc1ccccc1)C(=O)CN(C)C(=O)N1CCC[C@H]1C(=O)O. The van der Waals surface area contributed by atoms with Crippen molar-refractivity contribution < 1.29 is 29.0 Å². The Bertz CT molecular complexity index is 770. The molecule has 1 aromatic carbocycles. The van der Waals surface area contributed by atoms with Crippen LogP contribution in [0.5, 0.6) is 0 Å². The number of carboxylic acids is 1. The summed E-state index contributed by atoms with van der Waals surface area (Å²) in [6, 6.07) is 6.96. The van der Waals surface area contributed by atoms with Crippen LogP contribution in [-0.4, -0.2) is 77.6 Å². The highest BCUT2D eigenvalue weighted by Gasteiger charge is 2.36. The van der Waals surface area contributed by atoms with Crippen LogP contribution >= 0.6 is 0 Å². The number of benzene rings is 1. The molecule has 0 radical (unpaired) electrons. The molecular formula is C22H31N3O6. The summed E-state index contributed by atoms with van der Waals surface area (Å²) in [5.74, 6) is -1.41. The van der Waals surface area contributed by atoms with Gasteiger partial charge in [0.15, 0.2) is 5.78 Å². The fourth-order valence-corrected chi connectivity index (χ4v) is 3.47. The molecule has 2 atom stereocenters. The lowest BCUT2D eigenvalue weighted by Crippen LogP contribution is -2.51. The average molecular weight is 434 g/mol. The Morgan fingerprint density at radius 2 is 1.97 bits per heavy atom.